The van der Waals surface area contributed by atoms with Crippen molar-refractivity contribution in [2.24, 2.45) is 11.7 Å². The molecule has 2 aromatic rings. The summed E-state index contributed by atoms with van der Waals surface area (Å²) in [6.07, 6.45) is 5.80. The van der Waals surface area contributed by atoms with E-state index in [9.17, 15) is 24.3 Å². The minimum atomic E-state index is -1.10. The van der Waals surface area contributed by atoms with Gasteiger partial charge in [0.2, 0.25) is 17.7 Å². The number of amides is 3. The average molecular weight is 546 g/mol. The summed E-state index contributed by atoms with van der Waals surface area (Å²) in [7, 11) is 0. The molecular weight excluding hydrogens is 506 g/mol. The first-order valence-electron chi connectivity index (χ1n) is 13.1. The van der Waals surface area contributed by atoms with Crippen molar-refractivity contribution in [3.05, 3.63) is 36.0 Å². The molecule has 3 amide bonds. The Labute approximate surface area is 227 Å². The van der Waals surface area contributed by atoms with E-state index < -0.39 is 42.0 Å². The van der Waals surface area contributed by atoms with Crippen molar-refractivity contribution in [2.75, 3.05) is 18.6 Å². The van der Waals surface area contributed by atoms with Crippen LogP contribution in [0.4, 0.5) is 0 Å². The molecule has 1 aliphatic rings. The number of para-hydroxylation sites is 1. The van der Waals surface area contributed by atoms with Crippen LogP contribution in [0.15, 0.2) is 30.5 Å². The quantitative estimate of drug-likeness (QED) is 0.257. The highest BCUT2D eigenvalue weighted by molar-refractivity contribution is 7.98. The van der Waals surface area contributed by atoms with Crippen molar-refractivity contribution in [3.63, 3.8) is 0 Å². The van der Waals surface area contributed by atoms with Gasteiger partial charge in [0.25, 0.3) is 0 Å². The van der Waals surface area contributed by atoms with Gasteiger partial charge in [-0.3, -0.25) is 14.4 Å². The number of nitrogens with zero attached hydrogens (tertiary/aromatic N) is 1. The van der Waals surface area contributed by atoms with E-state index in [4.69, 9.17) is 5.73 Å². The predicted molar refractivity (Wildman–Crippen MR) is 149 cm³/mol. The lowest BCUT2D eigenvalue weighted by Gasteiger charge is -2.30. The fourth-order valence-corrected chi connectivity index (χ4v) is 5.34. The van der Waals surface area contributed by atoms with Gasteiger partial charge >= 0.3 is 5.97 Å². The van der Waals surface area contributed by atoms with E-state index in [0.717, 1.165) is 16.5 Å². The SMILES string of the molecule is CSCCC(NC(=O)C(N)Cc1c[nH]c2ccccc12)C(=O)N1CCCC1C(=O)NC(CC(C)C)C(=O)O. The van der Waals surface area contributed by atoms with E-state index in [0.29, 0.717) is 44.4 Å². The Morgan fingerprint density at radius 1 is 1.18 bits per heavy atom. The van der Waals surface area contributed by atoms with Crippen molar-refractivity contribution < 1.29 is 24.3 Å². The van der Waals surface area contributed by atoms with Crippen molar-refractivity contribution in [2.45, 2.75) is 70.1 Å². The first-order valence-corrected chi connectivity index (χ1v) is 14.4. The predicted octanol–water partition coefficient (Wildman–Crippen LogP) is 1.88. The van der Waals surface area contributed by atoms with Crippen molar-refractivity contribution in [3.8, 4) is 0 Å². The van der Waals surface area contributed by atoms with Crippen molar-refractivity contribution >= 4 is 46.4 Å². The number of carbonyl (C=O) groups is 4. The van der Waals surface area contributed by atoms with Gasteiger partial charge in [-0.15, -0.1) is 0 Å². The maximum atomic E-state index is 13.6. The number of thioether (sulfide) groups is 1. The Bertz CT molecular complexity index is 1140. The minimum absolute atomic E-state index is 0.0808. The smallest absolute Gasteiger partial charge is 0.326 e. The molecular formula is C27H39N5O5S. The highest BCUT2D eigenvalue weighted by atomic mass is 32.2. The molecule has 10 nitrogen and oxygen atoms in total. The van der Waals surface area contributed by atoms with Crippen LogP contribution in [-0.2, 0) is 25.6 Å². The summed E-state index contributed by atoms with van der Waals surface area (Å²) in [6.45, 7) is 4.14. The van der Waals surface area contributed by atoms with Gasteiger partial charge in [-0.1, -0.05) is 32.0 Å². The molecule has 1 fully saturated rings. The zero-order valence-electron chi connectivity index (χ0n) is 22.2. The van der Waals surface area contributed by atoms with E-state index >= 15 is 0 Å². The number of carbonyl (C=O) groups excluding carboxylic acids is 3. The topological polar surface area (TPSA) is 158 Å². The lowest BCUT2D eigenvalue weighted by molar-refractivity contribution is -0.145. The first kappa shape index (κ1) is 29.5. The number of aromatic amines is 1. The van der Waals surface area contributed by atoms with Gasteiger partial charge in [0.05, 0.1) is 6.04 Å². The second-order valence-corrected chi connectivity index (χ2v) is 11.2. The van der Waals surface area contributed by atoms with Crippen LogP contribution in [0.3, 0.4) is 0 Å². The largest absolute Gasteiger partial charge is 0.480 e. The van der Waals surface area contributed by atoms with E-state index in [-0.39, 0.29) is 11.8 Å². The molecule has 1 saturated heterocycles. The standard InChI is InChI=1S/C27H39N5O5S/c1-16(2)13-22(27(36)37)31-25(34)23-9-6-11-32(23)26(35)21(10-12-38-3)30-24(33)19(28)14-17-15-29-20-8-5-4-7-18(17)20/h4-5,7-8,15-16,19,21-23,29H,6,9-14,28H2,1-3H3,(H,30,33)(H,31,34)(H,36,37). The average Bonchev–Trinajstić information content (AvgIpc) is 3.53. The zero-order chi connectivity index (χ0) is 27.8. The van der Waals surface area contributed by atoms with Crippen LogP contribution in [0.25, 0.3) is 10.9 Å². The second kappa shape index (κ2) is 13.7. The Morgan fingerprint density at radius 2 is 1.92 bits per heavy atom. The fraction of sp³-hybridized carbons (Fsp3) is 0.556. The summed E-state index contributed by atoms with van der Waals surface area (Å²) in [5.74, 6) is -1.64. The number of benzene rings is 1. The molecule has 208 valence electrons. The number of nitrogens with one attached hydrogen (secondary N) is 3. The first-order chi connectivity index (χ1) is 18.1. The number of nitrogens with two attached hydrogens (primary N) is 1. The van der Waals surface area contributed by atoms with Gasteiger partial charge in [-0.25, -0.2) is 4.79 Å². The van der Waals surface area contributed by atoms with Gasteiger partial charge in [0.1, 0.15) is 18.1 Å². The molecule has 11 heteroatoms. The summed E-state index contributed by atoms with van der Waals surface area (Å²) >= 11 is 1.55. The van der Waals surface area contributed by atoms with Gasteiger partial charge in [-0.05, 0) is 61.7 Å². The van der Waals surface area contributed by atoms with E-state index in [1.165, 1.54) is 4.90 Å². The number of hydrogen-bond donors (Lipinski definition) is 5. The molecule has 4 atom stereocenters. The molecule has 2 heterocycles. The van der Waals surface area contributed by atoms with E-state index in [2.05, 4.69) is 15.6 Å². The van der Waals surface area contributed by atoms with E-state index in [1.54, 1.807) is 11.8 Å². The normalized spacial score (nSPS) is 17.8. The van der Waals surface area contributed by atoms with Crippen molar-refractivity contribution in [1.82, 2.24) is 20.5 Å². The van der Waals surface area contributed by atoms with Crippen molar-refractivity contribution in [1.29, 1.82) is 0 Å². The molecule has 38 heavy (non-hydrogen) atoms. The molecule has 0 radical (unpaired) electrons. The lowest BCUT2D eigenvalue weighted by Crippen LogP contribution is -2.57. The molecule has 0 saturated carbocycles. The van der Waals surface area contributed by atoms with Crippen LogP contribution in [0.1, 0.15) is 45.1 Å². The maximum absolute atomic E-state index is 13.6. The molecule has 1 aromatic heterocycles. The Kier molecular flexibility index (Phi) is 10.6. The van der Waals surface area contributed by atoms with Crippen LogP contribution in [0, 0.1) is 5.92 Å². The van der Waals surface area contributed by atoms with Gasteiger partial charge in [0.15, 0.2) is 0 Å². The van der Waals surface area contributed by atoms with E-state index in [1.807, 2.05) is 50.6 Å². The van der Waals surface area contributed by atoms with Crippen LogP contribution < -0.4 is 16.4 Å². The Balaban J connectivity index is 1.68. The van der Waals surface area contributed by atoms with Crippen LogP contribution in [0.5, 0.6) is 0 Å². The minimum Gasteiger partial charge on any atom is -0.480 e. The highest BCUT2D eigenvalue weighted by Crippen LogP contribution is 2.21. The van der Waals surface area contributed by atoms with Gasteiger partial charge < -0.3 is 31.4 Å². The summed E-state index contributed by atoms with van der Waals surface area (Å²) < 4.78 is 0. The Hall–Kier alpha value is -3.05. The summed E-state index contributed by atoms with van der Waals surface area (Å²) in [4.78, 5) is 56.0. The van der Waals surface area contributed by atoms with Crippen LogP contribution in [-0.4, -0.2) is 81.4 Å². The summed E-state index contributed by atoms with van der Waals surface area (Å²) in [5, 5.41) is 15.9. The number of aliphatic carboxylic acids is 1. The molecule has 6 N–H and O–H groups in total. The van der Waals surface area contributed by atoms with Crippen LogP contribution >= 0.6 is 11.8 Å². The third kappa shape index (κ3) is 7.50. The number of carboxylic acids is 1. The monoisotopic (exact) mass is 545 g/mol. The second-order valence-electron chi connectivity index (χ2n) is 10.2. The molecule has 1 aromatic carbocycles. The molecule has 4 unspecified atom stereocenters. The third-order valence-electron chi connectivity index (χ3n) is 6.84. The molecule has 1 aliphatic heterocycles. The molecule has 0 bridgehead atoms. The molecule has 0 spiro atoms. The maximum Gasteiger partial charge on any atom is 0.326 e. The lowest BCUT2D eigenvalue weighted by atomic mass is 10.0. The molecule has 3 rings (SSSR count). The highest BCUT2D eigenvalue weighted by Gasteiger charge is 2.39. The summed E-state index contributed by atoms with van der Waals surface area (Å²) in [6, 6.07) is 4.28. The zero-order valence-corrected chi connectivity index (χ0v) is 23.1. The number of fused-ring (bicyclic) bond motifs is 1. The van der Waals surface area contributed by atoms with Gasteiger partial charge in [0, 0.05) is 23.6 Å². The number of rotatable bonds is 13. The molecule has 0 aliphatic carbocycles. The fourth-order valence-electron chi connectivity index (χ4n) is 4.87. The number of likely N-dealkylation sites (tertiary alicyclic amines) is 1. The number of carboxylic acid groups (broad SMARTS) is 1. The van der Waals surface area contributed by atoms with Crippen LogP contribution in [0.2, 0.25) is 0 Å². The number of H-pyrrole nitrogens is 1. The van der Waals surface area contributed by atoms with Gasteiger partial charge in [-0.2, -0.15) is 11.8 Å². The number of aromatic nitrogens is 1. The Morgan fingerprint density at radius 3 is 2.61 bits per heavy atom. The number of hydrogen-bond acceptors (Lipinski definition) is 6. The third-order valence-corrected chi connectivity index (χ3v) is 7.48. The summed E-state index contributed by atoms with van der Waals surface area (Å²) in [5.41, 5.74) is 8.13.